The normalized spacial score (nSPS) is 11.1. The molecular weight excluding hydrogens is 262 g/mol. The molecule has 0 aliphatic rings. The van der Waals surface area contributed by atoms with Crippen LogP contribution in [0.3, 0.4) is 0 Å². The number of hydrogen-bond acceptors (Lipinski definition) is 3. The highest BCUT2D eigenvalue weighted by Gasteiger charge is 2.03. The highest BCUT2D eigenvalue weighted by Crippen LogP contribution is 2.20. The van der Waals surface area contributed by atoms with Crippen molar-refractivity contribution in [2.24, 2.45) is 0 Å². The minimum absolute atomic E-state index is 0.163. The van der Waals surface area contributed by atoms with E-state index >= 15 is 0 Å². The summed E-state index contributed by atoms with van der Waals surface area (Å²) in [5, 5.41) is 2.82. The fraction of sp³-hybridized carbons (Fsp3) is 0.118. The number of allylic oxidation sites excluding steroid dienone is 3. The number of carbonyl (C=O) groups excluding carboxylic acids is 1. The number of aryl methyl sites for hydroxylation is 1. The lowest BCUT2D eigenvalue weighted by Crippen LogP contribution is -2.07. The molecule has 0 fully saturated rings. The predicted molar refractivity (Wildman–Crippen MR) is 84.8 cm³/mol. The lowest BCUT2D eigenvalue weighted by molar-refractivity contribution is -0.111. The summed E-state index contributed by atoms with van der Waals surface area (Å²) in [6, 6.07) is 9.42. The Morgan fingerprint density at radius 1 is 1.24 bits per heavy atom. The van der Waals surface area contributed by atoms with Crippen molar-refractivity contribution in [1.29, 1.82) is 0 Å². The zero-order valence-electron chi connectivity index (χ0n) is 12.1. The molecule has 0 bridgehead atoms. The molecule has 0 atom stereocenters. The topological polar surface area (TPSA) is 54.9 Å². The first-order chi connectivity index (χ1) is 10.2. The summed E-state index contributed by atoms with van der Waals surface area (Å²) in [5.41, 5.74) is 2.51. The largest absolute Gasteiger partial charge is 0.322 e. The van der Waals surface area contributed by atoms with E-state index in [1.807, 2.05) is 50.3 Å². The van der Waals surface area contributed by atoms with Crippen LogP contribution in [0.2, 0.25) is 0 Å². The Balaban J connectivity index is 2.16. The first-order valence-corrected chi connectivity index (χ1v) is 6.69. The molecule has 2 aromatic rings. The number of carbonyl (C=O) groups is 1. The summed E-state index contributed by atoms with van der Waals surface area (Å²) in [5.74, 6) is 0.556. The van der Waals surface area contributed by atoms with E-state index < -0.39 is 0 Å². The fourth-order valence-corrected chi connectivity index (χ4v) is 1.81. The summed E-state index contributed by atoms with van der Waals surface area (Å²) in [6.45, 7) is 3.75. The van der Waals surface area contributed by atoms with Crippen LogP contribution in [0.1, 0.15) is 12.7 Å². The van der Waals surface area contributed by atoms with Gasteiger partial charge in [-0.3, -0.25) is 4.79 Å². The third-order valence-electron chi connectivity index (χ3n) is 2.75. The number of nitrogens with one attached hydrogen (secondary N) is 1. The van der Waals surface area contributed by atoms with E-state index in [9.17, 15) is 4.79 Å². The van der Waals surface area contributed by atoms with Crippen LogP contribution < -0.4 is 5.32 Å². The van der Waals surface area contributed by atoms with Crippen LogP contribution >= 0.6 is 0 Å². The van der Waals surface area contributed by atoms with Gasteiger partial charge in [0.1, 0.15) is 5.82 Å². The van der Waals surface area contributed by atoms with Crippen molar-refractivity contribution >= 4 is 11.6 Å². The summed E-state index contributed by atoms with van der Waals surface area (Å²) >= 11 is 0. The molecule has 0 spiro atoms. The van der Waals surface area contributed by atoms with Gasteiger partial charge in [0.05, 0.1) is 5.69 Å². The van der Waals surface area contributed by atoms with Gasteiger partial charge in [0.2, 0.25) is 5.91 Å². The zero-order chi connectivity index (χ0) is 15.1. The summed E-state index contributed by atoms with van der Waals surface area (Å²) in [4.78, 5) is 20.2. The van der Waals surface area contributed by atoms with Crippen molar-refractivity contribution in [2.75, 3.05) is 5.32 Å². The highest BCUT2D eigenvalue weighted by atomic mass is 16.1. The monoisotopic (exact) mass is 279 g/mol. The first kappa shape index (κ1) is 14.7. The van der Waals surface area contributed by atoms with Crippen molar-refractivity contribution in [3.05, 3.63) is 66.7 Å². The molecule has 2 rings (SSSR count). The number of benzene rings is 1. The Morgan fingerprint density at radius 3 is 2.86 bits per heavy atom. The molecule has 0 radical (unpaired) electrons. The van der Waals surface area contributed by atoms with Gasteiger partial charge in [0.25, 0.3) is 0 Å². The summed E-state index contributed by atoms with van der Waals surface area (Å²) < 4.78 is 0. The first-order valence-electron chi connectivity index (χ1n) is 6.69. The minimum Gasteiger partial charge on any atom is -0.322 e. The van der Waals surface area contributed by atoms with Gasteiger partial charge in [-0.15, -0.1) is 0 Å². The van der Waals surface area contributed by atoms with Gasteiger partial charge in [-0.05, 0) is 32.0 Å². The van der Waals surface area contributed by atoms with Gasteiger partial charge in [0.15, 0.2) is 0 Å². The molecule has 106 valence electrons. The Kier molecular flexibility index (Phi) is 4.99. The second-order valence-electron chi connectivity index (χ2n) is 4.44. The summed E-state index contributed by atoms with van der Waals surface area (Å²) in [7, 11) is 0. The van der Waals surface area contributed by atoms with E-state index in [0.717, 1.165) is 22.8 Å². The molecule has 21 heavy (non-hydrogen) atoms. The van der Waals surface area contributed by atoms with Crippen molar-refractivity contribution in [2.45, 2.75) is 13.8 Å². The standard InChI is InChI=1S/C17H17N3O/c1-3-4-5-9-17(21)20-15-8-6-7-14(12-15)16-10-11-18-13(2)19-16/h3-12H,1-2H3,(H,20,21). The van der Waals surface area contributed by atoms with Crippen LogP contribution in [0.15, 0.2) is 60.8 Å². The third-order valence-corrected chi connectivity index (χ3v) is 2.75. The van der Waals surface area contributed by atoms with E-state index in [0.29, 0.717) is 0 Å². The average molecular weight is 279 g/mol. The van der Waals surface area contributed by atoms with Crippen molar-refractivity contribution in [3.8, 4) is 11.3 Å². The zero-order valence-corrected chi connectivity index (χ0v) is 12.1. The van der Waals surface area contributed by atoms with Crippen molar-refractivity contribution in [1.82, 2.24) is 9.97 Å². The Hall–Kier alpha value is -2.75. The van der Waals surface area contributed by atoms with E-state index in [4.69, 9.17) is 0 Å². The number of anilines is 1. The van der Waals surface area contributed by atoms with Gasteiger partial charge < -0.3 is 5.32 Å². The van der Waals surface area contributed by atoms with E-state index in [1.165, 1.54) is 6.08 Å². The molecule has 1 amide bonds. The molecule has 4 nitrogen and oxygen atoms in total. The summed E-state index contributed by atoms with van der Waals surface area (Å²) in [6.07, 6.45) is 8.58. The van der Waals surface area contributed by atoms with E-state index in [1.54, 1.807) is 18.3 Å². The van der Waals surface area contributed by atoms with E-state index in [-0.39, 0.29) is 5.91 Å². The van der Waals surface area contributed by atoms with Gasteiger partial charge >= 0.3 is 0 Å². The number of hydrogen-bond donors (Lipinski definition) is 1. The van der Waals surface area contributed by atoms with Gasteiger partial charge in [-0.25, -0.2) is 9.97 Å². The minimum atomic E-state index is -0.163. The van der Waals surface area contributed by atoms with Crippen LogP contribution in [0.25, 0.3) is 11.3 Å². The van der Waals surface area contributed by atoms with Gasteiger partial charge in [0, 0.05) is 23.5 Å². The molecule has 1 heterocycles. The SMILES string of the molecule is CC=CC=CC(=O)Nc1cccc(-c2ccnc(C)n2)c1. The van der Waals surface area contributed by atoms with Crippen LogP contribution in [-0.2, 0) is 4.79 Å². The highest BCUT2D eigenvalue weighted by molar-refractivity contribution is 5.99. The molecule has 0 aliphatic heterocycles. The number of nitrogens with zero attached hydrogens (tertiary/aromatic N) is 2. The fourth-order valence-electron chi connectivity index (χ4n) is 1.81. The lowest BCUT2D eigenvalue weighted by atomic mass is 10.1. The van der Waals surface area contributed by atoms with Gasteiger partial charge in [-0.2, -0.15) is 0 Å². The maximum Gasteiger partial charge on any atom is 0.248 e. The quantitative estimate of drug-likeness (QED) is 0.688. The smallest absolute Gasteiger partial charge is 0.248 e. The molecule has 0 saturated heterocycles. The molecule has 1 aromatic carbocycles. The Bertz CT molecular complexity index is 690. The molecule has 0 aliphatic carbocycles. The average Bonchev–Trinajstić information content (AvgIpc) is 2.48. The molecule has 1 N–H and O–H groups in total. The number of amides is 1. The van der Waals surface area contributed by atoms with Crippen LogP contribution in [0, 0.1) is 6.92 Å². The van der Waals surface area contributed by atoms with E-state index in [2.05, 4.69) is 15.3 Å². The third kappa shape index (κ3) is 4.38. The Morgan fingerprint density at radius 2 is 2.10 bits per heavy atom. The maximum absolute atomic E-state index is 11.7. The van der Waals surface area contributed by atoms with Gasteiger partial charge in [-0.1, -0.05) is 30.4 Å². The second-order valence-corrected chi connectivity index (χ2v) is 4.44. The lowest BCUT2D eigenvalue weighted by Gasteiger charge is -2.06. The Labute approximate surface area is 124 Å². The van der Waals surface area contributed by atoms with Crippen molar-refractivity contribution in [3.63, 3.8) is 0 Å². The second kappa shape index (κ2) is 7.14. The van der Waals surface area contributed by atoms with Crippen LogP contribution in [-0.4, -0.2) is 15.9 Å². The molecule has 0 unspecified atom stereocenters. The number of rotatable bonds is 4. The van der Waals surface area contributed by atoms with Crippen LogP contribution in [0.5, 0.6) is 0 Å². The number of aromatic nitrogens is 2. The maximum atomic E-state index is 11.7. The molecule has 0 saturated carbocycles. The molecule has 1 aromatic heterocycles. The molecular formula is C17H17N3O. The van der Waals surface area contributed by atoms with Crippen LogP contribution in [0.4, 0.5) is 5.69 Å². The van der Waals surface area contributed by atoms with Crippen molar-refractivity contribution < 1.29 is 4.79 Å². The molecule has 4 heteroatoms. The predicted octanol–water partition coefficient (Wildman–Crippen LogP) is 3.52.